The van der Waals surface area contributed by atoms with Crippen LogP contribution in [0.4, 0.5) is 10.1 Å². The number of H-pyrrole nitrogens is 1. The Balaban J connectivity index is 1.20. The number of aryl methyl sites for hydroxylation is 1. The first kappa shape index (κ1) is 20.5. The van der Waals surface area contributed by atoms with Crippen LogP contribution in [0, 0.1) is 5.82 Å². The highest BCUT2D eigenvalue weighted by atomic mass is 32.2. The summed E-state index contributed by atoms with van der Waals surface area (Å²) < 4.78 is 13.5. The van der Waals surface area contributed by atoms with Crippen LogP contribution < -0.4 is 10.6 Å². The van der Waals surface area contributed by atoms with E-state index in [1.54, 1.807) is 6.07 Å². The van der Waals surface area contributed by atoms with Gasteiger partial charge in [-0.3, -0.25) is 9.59 Å². The number of amides is 2. The normalized spacial score (nSPS) is 16.0. The second-order valence-corrected chi connectivity index (χ2v) is 8.71. The first-order valence-electron chi connectivity index (χ1n) is 10.1. The quantitative estimate of drug-likeness (QED) is 0.535. The number of para-hydroxylation sites is 1. The van der Waals surface area contributed by atoms with Crippen molar-refractivity contribution in [2.75, 3.05) is 17.6 Å². The molecule has 1 aliphatic rings. The molecular formula is C23H24FN3O2S. The van der Waals surface area contributed by atoms with Gasteiger partial charge < -0.3 is 15.6 Å². The number of hydrogen-bond acceptors (Lipinski definition) is 3. The van der Waals surface area contributed by atoms with Gasteiger partial charge in [0.05, 0.1) is 5.25 Å². The molecule has 0 spiro atoms. The molecule has 0 saturated carbocycles. The summed E-state index contributed by atoms with van der Waals surface area (Å²) in [5.74, 6) is 0.302. The Bertz CT molecular complexity index is 1070. The van der Waals surface area contributed by atoms with Crippen molar-refractivity contribution in [1.29, 1.82) is 0 Å². The Morgan fingerprint density at radius 1 is 1.23 bits per heavy atom. The minimum Gasteiger partial charge on any atom is -0.361 e. The Labute approximate surface area is 178 Å². The number of carbonyl (C=O) groups is 2. The van der Waals surface area contributed by atoms with E-state index in [4.69, 9.17) is 0 Å². The number of carbonyl (C=O) groups excluding carboxylic acids is 2. The maximum absolute atomic E-state index is 13.5. The third-order valence-electron chi connectivity index (χ3n) is 5.34. The van der Waals surface area contributed by atoms with Gasteiger partial charge in [-0.15, -0.1) is 11.8 Å². The minimum atomic E-state index is -0.268. The van der Waals surface area contributed by atoms with E-state index in [-0.39, 0.29) is 22.9 Å². The van der Waals surface area contributed by atoms with E-state index in [9.17, 15) is 14.0 Å². The molecule has 1 aromatic heterocycles. The molecule has 2 amide bonds. The van der Waals surface area contributed by atoms with Crippen molar-refractivity contribution < 1.29 is 14.0 Å². The molecule has 7 heteroatoms. The van der Waals surface area contributed by atoms with E-state index < -0.39 is 0 Å². The highest BCUT2D eigenvalue weighted by Crippen LogP contribution is 2.27. The SMILES string of the molecule is O=C(CCSC1CCc2ccccc2NC1=O)NCCc1c[nH]c2ccc(F)cc12. The molecular weight excluding hydrogens is 401 g/mol. The molecule has 0 aliphatic carbocycles. The number of aromatic nitrogens is 1. The average molecular weight is 426 g/mol. The van der Waals surface area contributed by atoms with E-state index in [1.807, 2.05) is 30.5 Å². The molecule has 156 valence electrons. The predicted octanol–water partition coefficient (Wildman–Crippen LogP) is 4.04. The Kier molecular flexibility index (Phi) is 6.38. The molecule has 0 fully saturated rings. The molecule has 1 aliphatic heterocycles. The zero-order valence-corrected chi connectivity index (χ0v) is 17.4. The molecule has 0 bridgehead atoms. The topological polar surface area (TPSA) is 74.0 Å². The summed E-state index contributed by atoms with van der Waals surface area (Å²) in [6.07, 6.45) is 4.47. The van der Waals surface area contributed by atoms with Crippen LogP contribution in [0.3, 0.4) is 0 Å². The number of anilines is 1. The van der Waals surface area contributed by atoms with E-state index >= 15 is 0 Å². The zero-order valence-electron chi connectivity index (χ0n) is 16.5. The highest BCUT2D eigenvalue weighted by molar-refractivity contribution is 8.00. The lowest BCUT2D eigenvalue weighted by Crippen LogP contribution is -2.27. The number of rotatable bonds is 7. The Morgan fingerprint density at radius 3 is 3.00 bits per heavy atom. The standard InChI is InChI=1S/C23H24FN3O2S/c24-17-6-7-20-18(13-17)16(14-26-20)9-11-25-22(28)10-12-30-21-8-5-15-3-1-2-4-19(15)27-23(21)29/h1-4,6-7,13-14,21,26H,5,8-12H2,(H,25,28)(H,27,29). The van der Waals surface area contributed by atoms with Gasteiger partial charge in [-0.2, -0.15) is 0 Å². The lowest BCUT2D eigenvalue weighted by molar-refractivity contribution is -0.120. The first-order chi connectivity index (χ1) is 14.6. The van der Waals surface area contributed by atoms with Crippen molar-refractivity contribution in [3.63, 3.8) is 0 Å². The van der Waals surface area contributed by atoms with Gasteiger partial charge in [-0.05, 0) is 54.7 Å². The molecule has 0 saturated heterocycles. The van der Waals surface area contributed by atoms with Crippen LogP contribution in [0.2, 0.25) is 0 Å². The van der Waals surface area contributed by atoms with Crippen molar-refractivity contribution in [3.05, 3.63) is 65.6 Å². The summed E-state index contributed by atoms with van der Waals surface area (Å²) in [5.41, 5.74) is 3.91. The third kappa shape index (κ3) is 4.84. The zero-order chi connectivity index (χ0) is 20.9. The summed E-state index contributed by atoms with van der Waals surface area (Å²) >= 11 is 1.53. The number of hydrogen-bond donors (Lipinski definition) is 3. The number of fused-ring (bicyclic) bond motifs is 2. The van der Waals surface area contributed by atoms with E-state index in [0.717, 1.165) is 40.6 Å². The van der Waals surface area contributed by atoms with Crippen LogP contribution in [-0.2, 0) is 22.4 Å². The smallest absolute Gasteiger partial charge is 0.237 e. The van der Waals surface area contributed by atoms with Crippen LogP contribution in [0.1, 0.15) is 24.0 Å². The van der Waals surface area contributed by atoms with Crippen molar-refractivity contribution in [2.24, 2.45) is 0 Å². The van der Waals surface area contributed by atoms with Gasteiger partial charge in [0.2, 0.25) is 11.8 Å². The van der Waals surface area contributed by atoms with E-state index in [0.29, 0.717) is 25.1 Å². The van der Waals surface area contributed by atoms with Gasteiger partial charge in [-0.25, -0.2) is 4.39 Å². The minimum absolute atomic E-state index is 0.0110. The average Bonchev–Trinajstić information content (AvgIpc) is 3.05. The second-order valence-electron chi connectivity index (χ2n) is 7.40. The highest BCUT2D eigenvalue weighted by Gasteiger charge is 2.23. The fourth-order valence-corrected chi connectivity index (χ4v) is 4.81. The van der Waals surface area contributed by atoms with Gasteiger partial charge in [0.15, 0.2) is 0 Å². The van der Waals surface area contributed by atoms with Crippen LogP contribution in [0.15, 0.2) is 48.7 Å². The molecule has 2 aromatic carbocycles. The number of aromatic amines is 1. The molecule has 0 radical (unpaired) electrons. The predicted molar refractivity (Wildman–Crippen MR) is 119 cm³/mol. The fraction of sp³-hybridized carbons (Fsp3) is 0.304. The van der Waals surface area contributed by atoms with Crippen molar-refractivity contribution in [1.82, 2.24) is 10.3 Å². The maximum atomic E-state index is 13.5. The van der Waals surface area contributed by atoms with Crippen molar-refractivity contribution in [2.45, 2.75) is 30.9 Å². The molecule has 3 N–H and O–H groups in total. The second kappa shape index (κ2) is 9.34. The first-order valence-corrected chi connectivity index (χ1v) is 11.2. The Hall–Kier alpha value is -2.80. The van der Waals surface area contributed by atoms with Gasteiger partial charge in [0, 0.05) is 41.5 Å². The Morgan fingerprint density at radius 2 is 2.10 bits per heavy atom. The van der Waals surface area contributed by atoms with Gasteiger partial charge in [0.25, 0.3) is 0 Å². The number of nitrogens with one attached hydrogen (secondary N) is 3. The number of thioether (sulfide) groups is 1. The molecule has 30 heavy (non-hydrogen) atoms. The number of benzene rings is 2. The third-order valence-corrected chi connectivity index (χ3v) is 6.63. The molecule has 5 nitrogen and oxygen atoms in total. The van der Waals surface area contributed by atoms with Crippen LogP contribution in [0.25, 0.3) is 10.9 Å². The molecule has 1 atom stereocenters. The van der Waals surface area contributed by atoms with Gasteiger partial charge in [0.1, 0.15) is 5.82 Å². The van der Waals surface area contributed by atoms with Gasteiger partial charge in [-0.1, -0.05) is 18.2 Å². The fourth-order valence-electron chi connectivity index (χ4n) is 3.73. The summed E-state index contributed by atoms with van der Waals surface area (Å²) in [7, 11) is 0. The summed E-state index contributed by atoms with van der Waals surface area (Å²) in [5, 5.41) is 6.60. The van der Waals surface area contributed by atoms with E-state index in [2.05, 4.69) is 15.6 Å². The molecule has 4 rings (SSSR count). The summed E-state index contributed by atoms with van der Waals surface area (Å²) in [6, 6.07) is 12.5. The van der Waals surface area contributed by atoms with Crippen LogP contribution in [-0.4, -0.2) is 34.3 Å². The largest absolute Gasteiger partial charge is 0.361 e. The van der Waals surface area contributed by atoms with Crippen LogP contribution in [0.5, 0.6) is 0 Å². The summed E-state index contributed by atoms with van der Waals surface area (Å²) in [4.78, 5) is 27.7. The maximum Gasteiger partial charge on any atom is 0.237 e. The lowest BCUT2D eigenvalue weighted by atomic mass is 10.1. The molecule has 3 aromatic rings. The molecule has 1 unspecified atom stereocenters. The van der Waals surface area contributed by atoms with Crippen molar-refractivity contribution >= 4 is 40.2 Å². The number of halogens is 1. The molecule has 2 heterocycles. The lowest BCUT2D eigenvalue weighted by Gasteiger charge is -2.12. The van der Waals surface area contributed by atoms with Crippen molar-refractivity contribution in [3.8, 4) is 0 Å². The van der Waals surface area contributed by atoms with Crippen LogP contribution >= 0.6 is 11.8 Å². The van der Waals surface area contributed by atoms with E-state index in [1.165, 1.54) is 23.9 Å². The summed E-state index contributed by atoms with van der Waals surface area (Å²) in [6.45, 7) is 0.492. The van der Waals surface area contributed by atoms with Gasteiger partial charge >= 0.3 is 0 Å². The monoisotopic (exact) mass is 425 g/mol.